The van der Waals surface area contributed by atoms with Crippen LogP contribution in [0.1, 0.15) is 10.4 Å². The highest BCUT2D eigenvalue weighted by molar-refractivity contribution is 9.11. The molecule has 0 spiro atoms. The van der Waals surface area contributed by atoms with Crippen LogP contribution >= 0.6 is 54.8 Å². The summed E-state index contributed by atoms with van der Waals surface area (Å²) in [5, 5.41) is 4.22. The van der Waals surface area contributed by atoms with Crippen molar-refractivity contribution in [2.24, 2.45) is 0 Å². The zero-order valence-corrected chi connectivity index (χ0v) is 14.3. The highest BCUT2D eigenvalue weighted by Crippen LogP contribution is 2.22. The zero-order chi connectivity index (χ0) is 13.0. The van der Waals surface area contributed by atoms with Crippen LogP contribution in [0.4, 0.5) is 0 Å². The molecule has 0 aliphatic carbocycles. The smallest absolute Gasteiger partial charge is 0.0701 e. The molecule has 2 aromatic rings. The van der Waals surface area contributed by atoms with Crippen LogP contribution in [0.5, 0.6) is 0 Å². The SMILES string of the molecule is Clc1ccc(Br)cc1CNCCc1ccc(Br)s1. The standard InChI is InChI=1S/C13H12Br2ClNS/c14-10-1-3-12(16)9(7-10)8-17-6-5-11-2-4-13(15)18-11/h1-4,7,17H,5-6,8H2. The lowest BCUT2D eigenvalue weighted by atomic mass is 10.2. The third-order valence-corrected chi connectivity index (χ3v) is 5.05. The summed E-state index contributed by atoms with van der Waals surface area (Å²) in [5.41, 5.74) is 1.12. The number of thiophene rings is 1. The first-order chi connectivity index (χ1) is 8.65. The Kier molecular flexibility index (Phi) is 5.70. The Morgan fingerprint density at radius 2 is 2.00 bits per heavy atom. The average Bonchev–Trinajstić information content (AvgIpc) is 2.75. The van der Waals surface area contributed by atoms with Crippen LogP contribution in [0.15, 0.2) is 38.6 Å². The molecule has 0 fully saturated rings. The van der Waals surface area contributed by atoms with Gasteiger partial charge in [-0.05, 0) is 58.2 Å². The van der Waals surface area contributed by atoms with Crippen molar-refractivity contribution in [3.8, 4) is 0 Å². The molecule has 18 heavy (non-hydrogen) atoms. The summed E-state index contributed by atoms with van der Waals surface area (Å²) >= 11 is 14.8. The second kappa shape index (κ2) is 7.06. The summed E-state index contributed by atoms with van der Waals surface area (Å²) in [7, 11) is 0. The Bertz CT molecular complexity index is 527. The largest absolute Gasteiger partial charge is 0.312 e. The summed E-state index contributed by atoms with van der Waals surface area (Å²) in [5.74, 6) is 0. The second-order valence-corrected chi connectivity index (χ2v) is 7.74. The van der Waals surface area contributed by atoms with Gasteiger partial charge in [0.1, 0.15) is 0 Å². The van der Waals surface area contributed by atoms with Crippen LogP contribution in [0.2, 0.25) is 5.02 Å². The molecular weight excluding hydrogens is 397 g/mol. The first kappa shape index (κ1) is 14.5. The molecule has 0 saturated carbocycles. The van der Waals surface area contributed by atoms with Crippen molar-refractivity contribution in [3.63, 3.8) is 0 Å². The van der Waals surface area contributed by atoms with E-state index in [-0.39, 0.29) is 0 Å². The fraction of sp³-hybridized carbons (Fsp3) is 0.231. The van der Waals surface area contributed by atoms with E-state index in [9.17, 15) is 0 Å². The number of hydrogen-bond acceptors (Lipinski definition) is 2. The van der Waals surface area contributed by atoms with Gasteiger partial charge in [-0.25, -0.2) is 0 Å². The van der Waals surface area contributed by atoms with Gasteiger partial charge in [0.05, 0.1) is 3.79 Å². The summed E-state index contributed by atoms with van der Waals surface area (Å²) in [6.45, 7) is 1.75. The van der Waals surface area contributed by atoms with Crippen molar-refractivity contribution in [1.29, 1.82) is 0 Å². The summed E-state index contributed by atoms with van der Waals surface area (Å²) < 4.78 is 2.25. The van der Waals surface area contributed by atoms with Gasteiger partial charge in [-0.2, -0.15) is 0 Å². The van der Waals surface area contributed by atoms with E-state index in [0.29, 0.717) is 0 Å². The van der Waals surface area contributed by atoms with Crippen molar-refractivity contribution < 1.29 is 0 Å². The van der Waals surface area contributed by atoms with Crippen LogP contribution < -0.4 is 5.32 Å². The van der Waals surface area contributed by atoms with E-state index in [0.717, 1.165) is 34.6 Å². The van der Waals surface area contributed by atoms with Crippen molar-refractivity contribution in [2.45, 2.75) is 13.0 Å². The molecule has 0 aliphatic heterocycles. The molecule has 2 rings (SSSR count). The Morgan fingerprint density at radius 3 is 2.72 bits per heavy atom. The van der Waals surface area contributed by atoms with Crippen LogP contribution in [-0.4, -0.2) is 6.54 Å². The van der Waals surface area contributed by atoms with E-state index in [1.54, 1.807) is 11.3 Å². The van der Waals surface area contributed by atoms with Crippen LogP contribution in [0, 0.1) is 0 Å². The Morgan fingerprint density at radius 1 is 1.17 bits per heavy atom. The Labute approximate surface area is 133 Å². The van der Waals surface area contributed by atoms with E-state index < -0.39 is 0 Å². The molecule has 1 heterocycles. The molecule has 0 amide bonds. The van der Waals surface area contributed by atoms with E-state index >= 15 is 0 Å². The molecule has 0 atom stereocenters. The maximum absolute atomic E-state index is 6.13. The fourth-order valence-electron chi connectivity index (χ4n) is 1.60. The first-order valence-corrected chi connectivity index (χ1v) is 8.32. The minimum absolute atomic E-state index is 0.796. The third kappa shape index (κ3) is 4.35. The average molecular weight is 410 g/mol. The predicted molar refractivity (Wildman–Crippen MR) is 86.6 cm³/mol. The summed E-state index contributed by atoms with van der Waals surface area (Å²) in [6, 6.07) is 10.2. The van der Waals surface area contributed by atoms with Gasteiger partial charge in [0.25, 0.3) is 0 Å². The highest BCUT2D eigenvalue weighted by atomic mass is 79.9. The second-order valence-electron chi connectivity index (χ2n) is 3.87. The van der Waals surface area contributed by atoms with Gasteiger partial charge in [-0.1, -0.05) is 27.5 Å². The van der Waals surface area contributed by atoms with E-state index in [1.165, 1.54) is 8.66 Å². The molecule has 1 N–H and O–H groups in total. The predicted octanol–water partition coefficient (Wildman–Crippen LogP) is 5.26. The molecule has 1 nitrogen and oxygen atoms in total. The molecule has 5 heteroatoms. The number of nitrogens with one attached hydrogen (secondary N) is 1. The molecular formula is C13H12Br2ClNS. The third-order valence-electron chi connectivity index (χ3n) is 2.50. The Hall–Kier alpha value is 0.130. The van der Waals surface area contributed by atoms with E-state index in [4.69, 9.17) is 11.6 Å². The van der Waals surface area contributed by atoms with Gasteiger partial charge in [0, 0.05) is 27.5 Å². The summed E-state index contributed by atoms with van der Waals surface area (Å²) in [4.78, 5) is 1.38. The maximum atomic E-state index is 6.13. The van der Waals surface area contributed by atoms with Crippen LogP contribution in [0.25, 0.3) is 0 Å². The van der Waals surface area contributed by atoms with Crippen molar-refractivity contribution in [2.75, 3.05) is 6.54 Å². The number of hydrogen-bond donors (Lipinski definition) is 1. The molecule has 96 valence electrons. The molecule has 0 saturated heterocycles. The minimum Gasteiger partial charge on any atom is -0.312 e. The van der Waals surface area contributed by atoms with Gasteiger partial charge in [-0.15, -0.1) is 11.3 Å². The molecule has 0 unspecified atom stereocenters. The number of benzene rings is 1. The van der Waals surface area contributed by atoms with Gasteiger partial charge in [-0.3, -0.25) is 0 Å². The lowest BCUT2D eigenvalue weighted by Crippen LogP contribution is -2.16. The van der Waals surface area contributed by atoms with Crippen LogP contribution in [0.3, 0.4) is 0 Å². The molecule has 0 aliphatic rings. The molecule has 1 aromatic heterocycles. The fourth-order valence-corrected chi connectivity index (χ4v) is 3.68. The molecule has 1 aromatic carbocycles. The summed E-state index contributed by atoms with van der Waals surface area (Å²) in [6.07, 6.45) is 1.04. The van der Waals surface area contributed by atoms with Gasteiger partial charge in [0.2, 0.25) is 0 Å². The topological polar surface area (TPSA) is 12.0 Å². The number of rotatable bonds is 5. The maximum Gasteiger partial charge on any atom is 0.0701 e. The van der Waals surface area contributed by atoms with Gasteiger partial charge < -0.3 is 5.32 Å². The normalized spacial score (nSPS) is 10.8. The highest BCUT2D eigenvalue weighted by Gasteiger charge is 2.01. The first-order valence-electron chi connectivity index (χ1n) is 5.54. The lowest BCUT2D eigenvalue weighted by Gasteiger charge is -2.06. The quantitative estimate of drug-likeness (QED) is 0.665. The van der Waals surface area contributed by atoms with Gasteiger partial charge in [0.15, 0.2) is 0 Å². The zero-order valence-electron chi connectivity index (χ0n) is 9.55. The minimum atomic E-state index is 0.796. The van der Waals surface area contributed by atoms with Crippen molar-refractivity contribution in [3.05, 3.63) is 54.1 Å². The molecule has 0 bridgehead atoms. The molecule has 0 radical (unpaired) electrons. The van der Waals surface area contributed by atoms with Crippen molar-refractivity contribution in [1.82, 2.24) is 5.32 Å². The van der Waals surface area contributed by atoms with Gasteiger partial charge >= 0.3 is 0 Å². The Balaban J connectivity index is 1.80. The van der Waals surface area contributed by atoms with E-state index in [2.05, 4.69) is 55.4 Å². The van der Waals surface area contributed by atoms with Crippen molar-refractivity contribution >= 4 is 54.8 Å². The van der Waals surface area contributed by atoms with Crippen LogP contribution in [-0.2, 0) is 13.0 Å². The lowest BCUT2D eigenvalue weighted by molar-refractivity contribution is 0.690. The monoisotopic (exact) mass is 407 g/mol. The van der Waals surface area contributed by atoms with E-state index in [1.807, 2.05) is 12.1 Å². The number of halogens is 3.